The number of amides is 1. The van der Waals surface area contributed by atoms with E-state index in [1.165, 1.54) is 0 Å². The van der Waals surface area contributed by atoms with Gasteiger partial charge in [0, 0.05) is 42.9 Å². The number of furan rings is 1. The first-order valence-corrected chi connectivity index (χ1v) is 13.2. The van der Waals surface area contributed by atoms with Crippen LogP contribution in [0.1, 0.15) is 10.4 Å². The maximum atomic E-state index is 13.7. The summed E-state index contributed by atoms with van der Waals surface area (Å²) in [5.74, 6) is 1.66. The minimum absolute atomic E-state index is 0.223. The zero-order chi connectivity index (χ0) is 27.5. The van der Waals surface area contributed by atoms with Crippen molar-refractivity contribution in [3.63, 3.8) is 0 Å². The fraction of sp³-hybridized carbons (Fsp3) is 0.188. The van der Waals surface area contributed by atoms with Crippen molar-refractivity contribution < 1.29 is 18.7 Å². The molecule has 202 valence electrons. The number of fused-ring (bicyclic) bond motifs is 1. The van der Waals surface area contributed by atoms with Crippen LogP contribution in [0.4, 0.5) is 11.4 Å². The quantitative estimate of drug-likeness (QED) is 0.271. The number of carbonyl (C=O) groups excluding carboxylic acids is 1. The van der Waals surface area contributed by atoms with Gasteiger partial charge < -0.3 is 29.4 Å². The molecule has 8 nitrogen and oxygen atoms in total. The highest BCUT2D eigenvalue weighted by Gasteiger charge is 2.18. The molecule has 3 heterocycles. The lowest BCUT2D eigenvalue weighted by Gasteiger charge is -2.29. The van der Waals surface area contributed by atoms with Crippen molar-refractivity contribution in [3.8, 4) is 34.1 Å². The topological polar surface area (TPSA) is 88.9 Å². The van der Waals surface area contributed by atoms with E-state index >= 15 is 0 Å². The largest absolute Gasteiger partial charge is 0.493 e. The van der Waals surface area contributed by atoms with Gasteiger partial charge in [-0.3, -0.25) is 4.79 Å². The van der Waals surface area contributed by atoms with E-state index in [0.717, 1.165) is 54.1 Å². The van der Waals surface area contributed by atoms with E-state index in [-0.39, 0.29) is 5.91 Å². The molecule has 5 aromatic rings. The van der Waals surface area contributed by atoms with Crippen molar-refractivity contribution in [2.45, 2.75) is 0 Å². The standard InChI is InChI=1S/C32H30N4O4/c1-38-30-12-6-22(19-31(30)39-2)21-5-11-27-25(18-21)26(20-28(35-27)29-4-3-17-40-29)32(37)34-23-7-9-24(10-8-23)36-15-13-33-14-16-36/h3-12,17-20,33H,13-16H2,1-2H3,(H,34,37). The van der Waals surface area contributed by atoms with Gasteiger partial charge in [0.25, 0.3) is 5.91 Å². The van der Waals surface area contributed by atoms with Crippen molar-refractivity contribution in [3.05, 3.63) is 90.7 Å². The minimum Gasteiger partial charge on any atom is -0.493 e. The van der Waals surface area contributed by atoms with Crippen molar-refractivity contribution in [2.24, 2.45) is 0 Å². The van der Waals surface area contributed by atoms with Crippen molar-refractivity contribution in [1.82, 2.24) is 10.3 Å². The highest BCUT2D eigenvalue weighted by Crippen LogP contribution is 2.35. The van der Waals surface area contributed by atoms with E-state index < -0.39 is 0 Å². The lowest BCUT2D eigenvalue weighted by Crippen LogP contribution is -2.43. The Labute approximate surface area is 232 Å². The highest BCUT2D eigenvalue weighted by atomic mass is 16.5. The number of aromatic nitrogens is 1. The van der Waals surface area contributed by atoms with Gasteiger partial charge in [-0.2, -0.15) is 0 Å². The number of hydrogen-bond donors (Lipinski definition) is 2. The van der Waals surface area contributed by atoms with Gasteiger partial charge in [-0.15, -0.1) is 0 Å². The van der Waals surface area contributed by atoms with Crippen LogP contribution in [-0.2, 0) is 0 Å². The monoisotopic (exact) mass is 534 g/mol. The molecule has 6 rings (SSSR count). The molecule has 1 amide bonds. The summed E-state index contributed by atoms with van der Waals surface area (Å²) in [7, 11) is 3.22. The summed E-state index contributed by atoms with van der Waals surface area (Å²) in [6.07, 6.45) is 1.60. The van der Waals surface area contributed by atoms with Crippen LogP contribution in [0, 0.1) is 0 Å². The molecular formula is C32H30N4O4. The van der Waals surface area contributed by atoms with Crippen LogP contribution in [0.3, 0.4) is 0 Å². The second-order valence-corrected chi connectivity index (χ2v) is 9.57. The first-order chi connectivity index (χ1) is 19.6. The lowest BCUT2D eigenvalue weighted by atomic mass is 9.99. The number of anilines is 2. The minimum atomic E-state index is -0.223. The average molecular weight is 535 g/mol. The molecule has 2 N–H and O–H groups in total. The predicted molar refractivity (Wildman–Crippen MR) is 157 cm³/mol. The Morgan fingerprint density at radius 1 is 0.900 bits per heavy atom. The number of nitrogens with zero attached hydrogens (tertiary/aromatic N) is 2. The number of benzene rings is 3. The molecule has 0 atom stereocenters. The third-order valence-electron chi connectivity index (χ3n) is 7.15. The zero-order valence-electron chi connectivity index (χ0n) is 22.4. The number of ether oxygens (including phenoxy) is 2. The van der Waals surface area contributed by atoms with Gasteiger partial charge in [0.2, 0.25) is 0 Å². The zero-order valence-corrected chi connectivity index (χ0v) is 22.4. The number of carbonyl (C=O) groups is 1. The number of pyridine rings is 1. The number of nitrogens with one attached hydrogen (secondary N) is 2. The maximum Gasteiger partial charge on any atom is 0.256 e. The van der Waals surface area contributed by atoms with E-state index in [2.05, 4.69) is 27.7 Å². The fourth-order valence-electron chi connectivity index (χ4n) is 5.04. The van der Waals surface area contributed by atoms with Crippen molar-refractivity contribution >= 4 is 28.2 Å². The summed E-state index contributed by atoms with van der Waals surface area (Å²) in [6.45, 7) is 3.87. The van der Waals surface area contributed by atoms with E-state index in [4.69, 9.17) is 18.9 Å². The maximum absolute atomic E-state index is 13.7. The summed E-state index contributed by atoms with van der Waals surface area (Å²) in [5, 5.41) is 7.19. The number of piperazine rings is 1. The van der Waals surface area contributed by atoms with E-state index in [1.807, 2.05) is 54.6 Å². The molecule has 2 aromatic heterocycles. The van der Waals surface area contributed by atoms with E-state index in [1.54, 1.807) is 32.6 Å². The Bertz CT molecular complexity index is 1640. The Hall–Kier alpha value is -4.82. The third-order valence-corrected chi connectivity index (χ3v) is 7.15. The van der Waals surface area contributed by atoms with Gasteiger partial charge in [0.05, 0.1) is 31.6 Å². The summed E-state index contributed by atoms with van der Waals surface area (Å²) >= 11 is 0. The first-order valence-electron chi connectivity index (χ1n) is 13.2. The van der Waals surface area contributed by atoms with Gasteiger partial charge >= 0.3 is 0 Å². The molecule has 40 heavy (non-hydrogen) atoms. The molecule has 1 fully saturated rings. The summed E-state index contributed by atoms with van der Waals surface area (Å²) < 4.78 is 16.5. The normalized spacial score (nSPS) is 13.3. The Kier molecular flexibility index (Phi) is 7.08. The second-order valence-electron chi connectivity index (χ2n) is 9.57. The molecule has 0 spiro atoms. The lowest BCUT2D eigenvalue weighted by molar-refractivity contribution is 0.102. The van der Waals surface area contributed by atoms with Crippen molar-refractivity contribution in [1.29, 1.82) is 0 Å². The smallest absolute Gasteiger partial charge is 0.256 e. The van der Waals surface area contributed by atoms with Crippen LogP contribution < -0.4 is 25.0 Å². The molecule has 8 heteroatoms. The predicted octanol–water partition coefficient (Wildman–Crippen LogP) is 5.84. The van der Waals surface area contributed by atoms with Crippen LogP contribution in [0.5, 0.6) is 11.5 Å². The van der Waals surface area contributed by atoms with Gasteiger partial charge in [-0.05, 0) is 77.9 Å². The molecule has 1 aliphatic rings. The second kappa shape index (κ2) is 11.1. The highest BCUT2D eigenvalue weighted by molar-refractivity contribution is 6.13. The third kappa shape index (κ3) is 5.09. The molecule has 0 unspecified atom stereocenters. The summed E-state index contributed by atoms with van der Waals surface area (Å²) in [5.41, 5.74) is 5.52. The summed E-state index contributed by atoms with van der Waals surface area (Å²) in [4.78, 5) is 20.9. The van der Waals surface area contributed by atoms with Gasteiger partial charge in [0.15, 0.2) is 17.3 Å². The molecule has 1 saturated heterocycles. The molecule has 0 radical (unpaired) electrons. The number of methoxy groups -OCH3 is 2. The Balaban J connectivity index is 1.37. The van der Waals surface area contributed by atoms with Gasteiger partial charge in [0.1, 0.15) is 5.69 Å². The van der Waals surface area contributed by atoms with Crippen LogP contribution in [0.25, 0.3) is 33.5 Å². The van der Waals surface area contributed by atoms with Gasteiger partial charge in [-0.1, -0.05) is 12.1 Å². The first kappa shape index (κ1) is 25.5. The molecular weight excluding hydrogens is 504 g/mol. The van der Waals surface area contributed by atoms with Crippen LogP contribution >= 0.6 is 0 Å². The molecule has 0 aliphatic carbocycles. The fourth-order valence-corrected chi connectivity index (χ4v) is 5.04. The molecule has 1 aliphatic heterocycles. The average Bonchev–Trinajstić information content (AvgIpc) is 3.56. The van der Waals surface area contributed by atoms with Crippen LogP contribution in [-0.4, -0.2) is 51.3 Å². The SMILES string of the molecule is COc1ccc(-c2ccc3nc(-c4ccco4)cc(C(=O)Nc4ccc(N5CCNCC5)cc4)c3c2)cc1OC. The number of hydrogen-bond acceptors (Lipinski definition) is 7. The molecule has 0 saturated carbocycles. The Morgan fingerprint density at radius 2 is 1.65 bits per heavy atom. The summed E-state index contributed by atoms with van der Waals surface area (Å²) in [6, 6.07) is 25.1. The number of rotatable bonds is 7. The van der Waals surface area contributed by atoms with E-state index in [9.17, 15) is 4.79 Å². The van der Waals surface area contributed by atoms with E-state index in [0.29, 0.717) is 34.0 Å². The Morgan fingerprint density at radius 3 is 2.38 bits per heavy atom. The van der Waals surface area contributed by atoms with Crippen molar-refractivity contribution in [2.75, 3.05) is 50.6 Å². The molecule has 3 aromatic carbocycles. The van der Waals surface area contributed by atoms with Gasteiger partial charge in [-0.25, -0.2) is 4.98 Å². The molecule has 0 bridgehead atoms. The van der Waals surface area contributed by atoms with Crippen LogP contribution in [0.2, 0.25) is 0 Å². The van der Waals surface area contributed by atoms with Crippen LogP contribution in [0.15, 0.2) is 89.5 Å².